The van der Waals surface area contributed by atoms with E-state index >= 15 is 0 Å². The monoisotopic (exact) mass is 479 g/mol. The van der Waals surface area contributed by atoms with Gasteiger partial charge in [-0.15, -0.1) is 0 Å². The molecule has 1 rings (SSSR count). The summed E-state index contributed by atoms with van der Waals surface area (Å²) in [5.41, 5.74) is 11.2. The molecular weight excluding hydrogens is 446 g/mol. The van der Waals surface area contributed by atoms with Crippen LogP contribution in [0.25, 0.3) is 0 Å². The first-order valence-corrected chi connectivity index (χ1v) is 10.8. The van der Waals surface area contributed by atoms with Gasteiger partial charge >= 0.3 is 5.97 Å². The lowest BCUT2D eigenvalue weighted by Crippen LogP contribution is -2.57. The van der Waals surface area contributed by atoms with Crippen LogP contribution in [-0.2, 0) is 30.4 Å². The number of carboxylic acid groups (broad SMARTS) is 1. The van der Waals surface area contributed by atoms with Crippen LogP contribution >= 0.6 is 0 Å². The molecule has 4 atom stereocenters. The number of phenolic OH excluding ortho intramolecular Hbond substituents is 1. The number of hydrogen-bond donors (Lipinski definition) is 7. The third-order valence-electron chi connectivity index (χ3n) is 4.78. The Balaban J connectivity index is 3.01. The van der Waals surface area contributed by atoms with Crippen molar-refractivity contribution in [3.8, 4) is 5.75 Å². The van der Waals surface area contributed by atoms with Crippen molar-refractivity contribution in [3.05, 3.63) is 29.8 Å². The highest BCUT2D eigenvalue weighted by molar-refractivity contribution is 5.96. The molecule has 34 heavy (non-hydrogen) atoms. The van der Waals surface area contributed by atoms with Gasteiger partial charge in [0.15, 0.2) is 0 Å². The Morgan fingerprint density at radius 3 is 1.82 bits per heavy atom. The third-order valence-corrected chi connectivity index (χ3v) is 4.78. The largest absolute Gasteiger partial charge is 0.508 e. The Morgan fingerprint density at radius 1 is 0.853 bits per heavy atom. The van der Waals surface area contributed by atoms with E-state index in [4.69, 9.17) is 11.5 Å². The predicted molar refractivity (Wildman–Crippen MR) is 122 cm³/mol. The SMILES string of the molecule is CC(C)CC(NC(=O)C(CC(N)=O)NC(=O)C(C)N)C(=O)NC(Cc1ccc(O)cc1)C(=O)O. The number of primary amides is 1. The molecule has 0 saturated carbocycles. The summed E-state index contributed by atoms with van der Waals surface area (Å²) in [6, 6.07) is 1.10. The van der Waals surface area contributed by atoms with Gasteiger partial charge in [0, 0.05) is 6.42 Å². The number of carbonyl (C=O) groups is 5. The van der Waals surface area contributed by atoms with Gasteiger partial charge in [-0.25, -0.2) is 4.79 Å². The van der Waals surface area contributed by atoms with Gasteiger partial charge in [0.2, 0.25) is 23.6 Å². The summed E-state index contributed by atoms with van der Waals surface area (Å²) in [5.74, 6) is -4.46. The zero-order valence-electron chi connectivity index (χ0n) is 19.4. The second-order valence-corrected chi connectivity index (χ2v) is 8.48. The number of amides is 4. The first-order valence-electron chi connectivity index (χ1n) is 10.8. The molecule has 0 aliphatic heterocycles. The van der Waals surface area contributed by atoms with Crippen molar-refractivity contribution in [2.75, 3.05) is 0 Å². The first kappa shape index (κ1) is 28.4. The molecule has 188 valence electrons. The third kappa shape index (κ3) is 9.86. The Bertz CT molecular complexity index is 886. The van der Waals surface area contributed by atoms with Crippen LogP contribution in [0.1, 0.15) is 39.2 Å². The number of nitrogens with one attached hydrogen (secondary N) is 3. The smallest absolute Gasteiger partial charge is 0.326 e. The van der Waals surface area contributed by atoms with Gasteiger partial charge in [0.25, 0.3) is 0 Å². The fraction of sp³-hybridized carbons (Fsp3) is 0.500. The molecule has 4 amide bonds. The summed E-state index contributed by atoms with van der Waals surface area (Å²) in [6.45, 7) is 5.00. The Morgan fingerprint density at radius 2 is 1.35 bits per heavy atom. The lowest BCUT2D eigenvalue weighted by molar-refractivity contribution is -0.142. The van der Waals surface area contributed by atoms with Crippen LogP contribution in [0.2, 0.25) is 0 Å². The van der Waals surface area contributed by atoms with Gasteiger partial charge in [0.05, 0.1) is 12.5 Å². The molecular formula is C22H33N5O7. The molecule has 12 heteroatoms. The summed E-state index contributed by atoms with van der Waals surface area (Å²) in [4.78, 5) is 60.7. The average Bonchev–Trinajstić information content (AvgIpc) is 2.72. The molecule has 0 heterocycles. The van der Waals surface area contributed by atoms with Crippen LogP contribution in [0.4, 0.5) is 0 Å². The number of hydrogen-bond acceptors (Lipinski definition) is 7. The van der Waals surface area contributed by atoms with Gasteiger partial charge in [0.1, 0.15) is 23.9 Å². The average molecular weight is 480 g/mol. The molecule has 1 aromatic rings. The Kier molecular flexibility index (Phi) is 11.0. The van der Waals surface area contributed by atoms with E-state index in [0.29, 0.717) is 5.56 Å². The molecule has 1 aromatic carbocycles. The van der Waals surface area contributed by atoms with E-state index in [2.05, 4.69) is 16.0 Å². The fourth-order valence-electron chi connectivity index (χ4n) is 3.03. The number of aromatic hydroxyl groups is 1. The van der Waals surface area contributed by atoms with E-state index in [0.717, 1.165) is 0 Å². The highest BCUT2D eigenvalue weighted by Gasteiger charge is 2.31. The molecule has 0 spiro atoms. The molecule has 0 bridgehead atoms. The van der Waals surface area contributed by atoms with Crippen LogP contribution in [0.3, 0.4) is 0 Å². The number of phenols is 1. The van der Waals surface area contributed by atoms with Gasteiger partial charge in [-0.2, -0.15) is 0 Å². The maximum absolute atomic E-state index is 12.9. The topological polar surface area (TPSA) is 214 Å². The van der Waals surface area contributed by atoms with Crippen LogP contribution in [0, 0.1) is 5.92 Å². The van der Waals surface area contributed by atoms with Crippen molar-refractivity contribution >= 4 is 29.6 Å². The predicted octanol–water partition coefficient (Wildman–Crippen LogP) is -1.26. The number of rotatable bonds is 13. The van der Waals surface area contributed by atoms with Gasteiger partial charge in [-0.1, -0.05) is 26.0 Å². The number of nitrogens with two attached hydrogens (primary N) is 2. The van der Waals surface area contributed by atoms with Crippen LogP contribution < -0.4 is 27.4 Å². The minimum absolute atomic E-state index is 0.0148. The van der Waals surface area contributed by atoms with Crippen LogP contribution in [0.5, 0.6) is 5.75 Å². The van der Waals surface area contributed by atoms with Crippen molar-refractivity contribution in [3.63, 3.8) is 0 Å². The van der Waals surface area contributed by atoms with Crippen molar-refractivity contribution in [2.45, 2.75) is 64.2 Å². The molecule has 12 nitrogen and oxygen atoms in total. The lowest BCUT2D eigenvalue weighted by Gasteiger charge is -2.25. The molecule has 0 aliphatic rings. The number of aliphatic carboxylic acids is 1. The summed E-state index contributed by atoms with van der Waals surface area (Å²) in [6.07, 6.45) is -0.412. The van der Waals surface area contributed by atoms with Gasteiger partial charge in [-0.3, -0.25) is 19.2 Å². The number of carbonyl (C=O) groups excluding carboxylic acids is 4. The van der Waals surface area contributed by atoms with E-state index < -0.39 is 60.2 Å². The van der Waals surface area contributed by atoms with Crippen molar-refractivity contribution in [1.29, 1.82) is 0 Å². The lowest BCUT2D eigenvalue weighted by atomic mass is 10.0. The molecule has 0 aromatic heterocycles. The Hall–Kier alpha value is -3.67. The summed E-state index contributed by atoms with van der Waals surface area (Å²) in [5, 5.41) is 26.1. The molecule has 0 saturated heterocycles. The van der Waals surface area contributed by atoms with E-state index in [9.17, 15) is 34.2 Å². The van der Waals surface area contributed by atoms with Gasteiger partial charge < -0.3 is 37.6 Å². The second kappa shape index (κ2) is 13.1. The zero-order valence-corrected chi connectivity index (χ0v) is 19.4. The van der Waals surface area contributed by atoms with Crippen molar-refractivity contribution < 1.29 is 34.2 Å². The van der Waals surface area contributed by atoms with E-state index in [-0.39, 0.29) is 24.5 Å². The molecule has 0 fully saturated rings. The molecule has 0 aliphatic carbocycles. The molecule has 4 unspecified atom stereocenters. The van der Waals surface area contributed by atoms with Crippen LogP contribution in [0.15, 0.2) is 24.3 Å². The normalized spacial score (nSPS) is 14.4. The van der Waals surface area contributed by atoms with Crippen molar-refractivity contribution in [1.82, 2.24) is 16.0 Å². The first-order chi connectivity index (χ1) is 15.8. The van der Waals surface area contributed by atoms with E-state index in [1.807, 2.05) is 0 Å². The highest BCUT2D eigenvalue weighted by Crippen LogP contribution is 2.12. The second-order valence-electron chi connectivity index (χ2n) is 8.48. The summed E-state index contributed by atoms with van der Waals surface area (Å²) in [7, 11) is 0. The maximum atomic E-state index is 12.9. The van der Waals surface area contributed by atoms with Crippen LogP contribution in [-0.4, -0.2) is 64.0 Å². The maximum Gasteiger partial charge on any atom is 0.326 e. The summed E-state index contributed by atoms with van der Waals surface area (Å²) >= 11 is 0. The standard InChI is InChI=1S/C22H33N5O7/c1-11(2)8-15(26-21(32)16(10-18(24)29)25-19(30)12(3)23)20(31)27-17(22(33)34)9-13-4-6-14(28)7-5-13/h4-7,11-12,15-17,28H,8-10,23H2,1-3H3,(H2,24,29)(H,25,30)(H,26,32)(H,27,31)(H,33,34). The molecule has 9 N–H and O–H groups in total. The minimum atomic E-state index is -1.36. The summed E-state index contributed by atoms with van der Waals surface area (Å²) < 4.78 is 0. The quantitative estimate of drug-likeness (QED) is 0.181. The minimum Gasteiger partial charge on any atom is -0.508 e. The fourth-order valence-corrected chi connectivity index (χ4v) is 3.03. The van der Waals surface area contributed by atoms with E-state index in [1.54, 1.807) is 13.8 Å². The zero-order chi connectivity index (χ0) is 26.0. The van der Waals surface area contributed by atoms with Crippen molar-refractivity contribution in [2.24, 2.45) is 17.4 Å². The number of benzene rings is 1. The van der Waals surface area contributed by atoms with E-state index in [1.165, 1.54) is 31.2 Å². The number of carboxylic acids is 1. The van der Waals surface area contributed by atoms with Gasteiger partial charge in [-0.05, 0) is 37.0 Å². The highest BCUT2D eigenvalue weighted by atomic mass is 16.4. The Labute approximate surface area is 197 Å². The molecule has 0 radical (unpaired) electrons.